The summed E-state index contributed by atoms with van der Waals surface area (Å²) in [4.78, 5) is 28.7. The van der Waals surface area contributed by atoms with E-state index in [0.29, 0.717) is 19.4 Å². The smallest absolute Gasteiger partial charge is 0.307 e. The number of anilines is 1. The third-order valence-electron chi connectivity index (χ3n) is 6.65. The van der Waals surface area contributed by atoms with Gasteiger partial charge in [0, 0.05) is 38.1 Å². The molecule has 0 radical (unpaired) electrons. The van der Waals surface area contributed by atoms with Crippen LogP contribution in [0, 0.1) is 11.8 Å². The van der Waals surface area contributed by atoms with Gasteiger partial charge in [0.1, 0.15) is 5.82 Å². The molecule has 2 atom stereocenters. The summed E-state index contributed by atoms with van der Waals surface area (Å²) in [5.41, 5.74) is 0. The molecule has 7 nitrogen and oxygen atoms in total. The zero-order valence-electron chi connectivity index (χ0n) is 18.0. The number of carbonyl (C=O) groups excluding carboxylic acids is 1. The van der Waals surface area contributed by atoms with Crippen LogP contribution in [0.1, 0.15) is 38.5 Å². The number of rotatable bonds is 8. The third-order valence-corrected chi connectivity index (χ3v) is 7.47. The highest BCUT2D eigenvalue weighted by Crippen LogP contribution is 2.31. The fourth-order valence-corrected chi connectivity index (χ4v) is 5.62. The first-order valence-electron chi connectivity index (χ1n) is 11.5. The number of nitrogens with one attached hydrogen (secondary N) is 1. The summed E-state index contributed by atoms with van der Waals surface area (Å²) in [6.07, 6.45) is 5.13. The second kappa shape index (κ2) is 10.4. The molecule has 1 aliphatic heterocycles. The molecular weight excluding hydrogens is 412 g/mol. The molecule has 2 fully saturated rings. The Bertz CT molecular complexity index is 894. The first kappa shape index (κ1) is 22.0. The van der Waals surface area contributed by atoms with Crippen LogP contribution in [0.3, 0.4) is 0 Å². The SMILES string of the molecule is O=C(O)C1CCCCC1C(=O)NCCCCN1CCN(c2nsc3ccccc23)CC1. The van der Waals surface area contributed by atoms with Crippen molar-refractivity contribution in [2.75, 3.05) is 44.2 Å². The van der Waals surface area contributed by atoms with E-state index >= 15 is 0 Å². The normalized spacial score (nSPS) is 22.5. The number of nitrogens with zero attached hydrogens (tertiary/aromatic N) is 3. The Labute approximate surface area is 187 Å². The van der Waals surface area contributed by atoms with E-state index in [1.54, 1.807) is 11.5 Å². The van der Waals surface area contributed by atoms with Gasteiger partial charge in [0.2, 0.25) is 5.91 Å². The monoisotopic (exact) mass is 444 g/mol. The van der Waals surface area contributed by atoms with Crippen molar-refractivity contribution in [1.82, 2.24) is 14.6 Å². The Morgan fingerprint density at radius 3 is 2.58 bits per heavy atom. The Balaban J connectivity index is 1.14. The molecule has 168 valence electrons. The second-order valence-electron chi connectivity index (χ2n) is 8.66. The Morgan fingerprint density at radius 2 is 1.81 bits per heavy atom. The average molecular weight is 445 g/mol. The number of unbranched alkanes of at least 4 members (excludes halogenated alkanes) is 1. The number of aliphatic carboxylic acids is 1. The molecule has 2 N–H and O–H groups in total. The first-order chi connectivity index (χ1) is 15.1. The number of amides is 1. The maximum atomic E-state index is 12.4. The molecule has 0 spiro atoms. The van der Waals surface area contributed by atoms with Crippen molar-refractivity contribution in [3.63, 3.8) is 0 Å². The van der Waals surface area contributed by atoms with Crippen LogP contribution >= 0.6 is 11.5 Å². The van der Waals surface area contributed by atoms with Crippen LogP contribution in [-0.2, 0) is 9.59 Å². The average Bonchev–Trinajstić information content (AvgIpc) is 3.23. The molecule has 2 heterocycles. The van der Waals surface area contributed by atoms with E-state index < -0.39 is 11.9 Å². The number of aromatic nitrogens is 1. The molecule has 2 unspecified atom stereocenters. The van der Waals surface area contributed by atoms with E-state index in [2.05, 4.69) is 43.8 Å². The van der Waals surface area contributed by atoms with Gasteiger partial charge in [-0.3, -0.25) is 14.5 Å². The zero-order chi connectivity index (χ0) is 21.6. The van der Waals surface area contributed by atoms with Gasteiger partial charge in [-0.2, -0.15) is 4.37 Å². The van der Waals surface area contributed by atoms with Crippen LogP contribution in [-0.4, -0.2) is 65.5 Å². The lowest BCUT2D eigenvalue weighted by Gasteiger charge is -2.35. The van der Waals surface area contributed by atoms with E-state index in [1.165, 1.54) is 10.1 Å². The van der Waals surface area contributed by atoms with Gasteiger partial charge in [-0.1, -0.05) is 25.0 Å². The van der Waals surface area contributed by atoms with Gasteiger partial charge in [0.25, 0.3) is 0 Å². The maximum Gasteiger partial charge on any atom is 0.307 e. The fourth-order valence-electron chi connectivity index (χ4n) is 4.83. The molecule has 8 heteroatoms. The Morgan fingerprint density at radius 1 is 1.06 bits per heavy atom. The fraction of sp³-hybridized carbons (Fsp3) is 0.609. The number of carboxylic acid groups (broad SMARTS) is 1. The predicted molar refractivity (Wildman–Crippen MR) is 124 cm³/mol. The molecule has 1 aromatic heterocycles. The van der Waals surface area contributed by atoms with Crippen molar-refractivity contribution in [2.45, 2.75) is 38.5 Å². The highest BCUT2D eigenvalue weighted by molar-refractivity contribution is 7.13. The number of hydrogen-bond acceptors (Lipinski definition) is 6. The second-order valence-corrected chi connectivity index (χ2v) is 9.47. The molecule has 1 aromatic carbocycles. The van der Waals surface area contributed by atoms with E-state index in [9.17, 15) is 14.7 Å². The standard InChI is InChI=1S/C23H32N4O3S/c28-22(17-7-1-2-8-18(17)23(29)30)24-11-5-6-12-26-13-15-27(16-14-26)21-19-9-3-4-10-20(19)31-25-21/h3-4,9-10,17-18H,1-2,5-8,11-16H2,(H,24,28)(H,29,30). The largest absolute Gasteiger partial charge is 0.481 e. The molecule has 1 saturated carbocycles. The topological polar surface area (TPSA) is 85.8 Å². The Hall–Kier alpha value is -2.19. The number of carboxylic acids is 1. The van der Waals surface area contributed by atoms with Gasteiger partial charge in [0.05, 0.1) is 16.5 Å². The highest BCUT2D eigenvalue weighted by Gasteiger charge is 2.35. The van der Waals surface area contributed by atoms with Crippen molar-refractivity contribution >= 4 is 39.3 Å². The van der Waals surface area contributed by atoms with Gasteiger partial charge >= 0.3 is 5.97 Å². The van der Waals surface area contributed by atoms with E-state index in [0.717, 1.165) is 64.2 Å². The van der Waals surface area contributed by atoms with E-state index in [4.69, 9.17) is 0 Å². The van der Waals surface area contributed by atoms with Gasteiger partial charge < -0.3 is 15.3 Å². The van der Waals surface area contributed by atoms with Crippen LogP contribution in [0.5, 0.6) is 0 Å². The minimum absolute atomic E-state index is 0.0730. The molecule has 0 bridgehead atoms. The number of piperazine rings is 1. The number of fused-ring (bicyclic) bond motifs is 1. The lowest BCUT2D eigenvalue weighted by Crippen LogP contribution is -2.47. The lowest BCUT2D eigenvalue weighted by atomic mass is 9.78. The van der Waals surface area contributed by atoms with Crippen LogP contribution in [0.15, 0.2) is 24.3 Å². The Kier molecular flexibility index (Phi) is 7.40. The van der Waals surface area contributed by atoms with Crippen molar-refractivity contribution in [3.8, 4) is 0 Å². The van der Waals surface area contributed by atoms with Crippen molar-refractivity contribution in [2.24, 2.45) is 11.8 Å². The molecule has 1 saturated heterocycles. The number of hydrogen-bond donors (Lipinski definition) is 2. The minimum Gasteiger partial charge on any atom is -0.481 e. The summed E-state index contributed by atoms with van der Waals surface area (Å²) in [6.45, 7) is 5.70. The molecule has 1 amide bonds. The molecule has 1 aliphatic carbocycles. The molecule has 2 aliphatic rings. The van der Waals surface area contributed by atoms with E-state index in [-0.39, 0.29) is 11.8 Å². The van der Waals surface area contributed by atoms with Crippen LogP contribution in [0.25, 0.3) is 10.1 Å². The lowest BCUT2D eigenvalue weighted by molar-refractivity contribution is -0.148. The molecule has 4 rings (SSSR count). The van der Waals surface area contributed by atoms with Crippen molar-refractivity contribution < 1.29 is 14.7 Å². The summed E-state index contributed by atoms with van der Waals surface area (Å²) < 4.78 is 5.91. The van der Waals surface area contributed by atoms with Crippen molar-refractivity contribution in [3.05, 3.63) is 24.3 Å². The maximum absolute atomic E-state index is 12.4. The van der Waals surface area contributed by atoms with E-state index in [1.807, 2.05) is 0 Å². The van der Waals surface area contributed by atoms with Crippen LogP contribution < -0.4 is 10.2 Å². The van der Waals surface area contributed by atoms with Crippen LogP contribution in [0.2, 0.25) is 0 Å². The first-order valence-corrected chi connectivity index (χ1v) is 12.2. The summed E-state index contributed by atoms with van der Waals surface area (Å²) in [7, 11) is 0. The molecule has 31 heavy (non-hydrogen) atoms. The predicted octanol–water partition coefficient (Wildman–Crippen LogP) is 3.21. The molecular formula is C23H32N4O3S. The molecule has 2 aromatic rings. The summed E-state index contributed by atoms with van der Waals surface area (Å²) in [5, 5.41) is 13.6. The quantitative estimate of drug-likeness (QED) is 0.608. The third kappa shape index (κ3) is 5.36. The van der Waals surface area contributed by atoms with Gasteiger partial charge in [-0.05, 0) is 55.9 Å². The summed E-state index contributed by atoms with van der Waals surface area (Å²) in [6, 6.07) is 8.41. The highest BCUT2D eigenvalue weighted by atomic mass is 32.1. The minimum atomic E-state index is -0.829. The van der Waals surface area contributed by atoms with Crippen LogP contribution in [0.4, 0.5) is 5.82 Å². The number of benzene rings is 1. The summed E-state index contributed by atoms with van der Waals surface area (Å²) in [5.74, 6) is -0.660. The van der Waals surface area contributed by atoms with Crippen molar-refractivity contribution in [1.29, 1.82) is 0 Å². The summed E-state index contributed by atoms with van der Waals surface area (Å²) >= 11 is 1.57. The van der Waals surface area contributed by atoms with Gasteiger partial charge in [-0.15, -0.1) is 0 Å². The van der Waals surface area contributed by atoms with Gasteiger partial charge in [-0.25, -0.2) is 0 Å². The number of carbonyl (C=O) groups is 2. The van der Waals surface area contributed by atoms with Gasteiger partial charge in [0.15, 0.2) is 0 Å². The zero-order valence-corrected chi connectivity index (χ0v) is 18.8.